The average molecular weight is 198 g/mol. The first-order chi connectivity index (χ1) is 6.11. The summed E-state index contributed by atoms with van der Waals surface area (Å²) in [6.07, 6.45) is 0. The summed E-state index contributed by atoms with van der Waals surface area (Å²) in [5.74, 6) is 2.56. The third-order valence-corrected chi connectivity index (χ3v) is 5.17. The third kappa shape index (κ3) is 1.93. The lowest BCUT2D eigenvalue weighted by atomic mass is 10.4. The van der Waals surface area contributed by atoms with E-state index in [0.29, 0.717) is 10.9 Å². The van der Waals surface area contributed by atoms with E-state index in [1.165, 1.54) is 22.9 Å². The summed E-state index contributed by atoms with van der Waals surface area (Å²) in [6, 6.07) is 2.35. The van der Waals surface area contributed by atoms with Gasteiger partial charge in [-0.3, -0.25) is 0 Å². The normalized spacial score (nSPS) is 11.2. The van der Waals surface area contributed by atoms with Crippen LogP contribution in [0, 0.1) is 13.8 Å². The van der Waals surface area contributed by atoms with Crippen molar-refractivity contribution < 1.29 is 0 Å². The third-order valence-electron chi connectivity index (χ3n) is 2.74. The van der Waals surface area contributed by atoms with E-state index in [1.54, 1.807) is 4.90 Å². The fourth-order valence-electron chi connectivity index (χ4n) is 1.63. The molecule has 74 valence electrons. The molecule has 0 aliphatic carbocycles. The van der Waals surface area contributed by atoms with Crippen LogP contribution in [0.1, 0.15) is 25.2 Å². The van der Waals surface area contributed by atoms with Crippen molar-refractivity contribution >= 4 is 10.9 Å². The predicted molar refractivity (Wildman–Crippen MR) is 61.6 cm³/mol. The molecule has 1 nitrogen and oxygen atoms in total. The maximum absolute atomic E-state index is 2.35. The van der Waals surface area contributed by atoms with Crippen molar-refractivity contribution in [1.82, 2.24) is 4.57 Å². The first kappa shape index (κ1) is 10.7. The Hall–Kier alpha value is -0.370. The van der Waals surface area contributed by atoms with Crippen LogP contribution in [0.25, 0.3) is 0 Å². The minimum atomic E-state index is 0.476. The minimum absolute atomic E-state index is 0.476. The summed E-state index contributed by atoms with van der Waals surface area (Å²) in [6.45, 7) is 8.99. The van der Waals surface area contributed by atoms with Crippen molar-refractivity contribution in [2.45, 2.75) is 32.6 Å². The molecule has 0 aliphatic heterocycles. The van der Waals surface area contributed by atoms with Gasteiger partial charge in [0.2, 0.25) is 0 Å². The summed E-state index contributed by atoms with van der Waals surface area (Å²) in [5.41, 5.74) is 2.83. The Balaban J connectivity index is 3.06. The highest BCUT2D eigenvalue weighted by atomic mass is 32.2. The van der Waals surface area contributed by atoms with Gasteiger partial charge in [-0.2, -0.15) is 0 Å². The van der Waals surface area contributed by atoms with Crippen molar-refractivity contribution in [3.8, 4) is 0 Å². The average Bonchev–Trinajstić information content (AvgIpc) is 2.36. The first-order valence-corrected chi connectivity index (χ1v) is 6.48. The lowest BCUT2D eigenvalue weighted by molar-refractivity contribution is 0.834. The molecule has 1 aromatic rings. The molecule has 0 saturated carbocycles. The number of rotatable bonds is 3. The largest absolute Gasteiger partial charge is 0.348 e. The van der Waals surface area contributed by atoms with Crippen LogP contribution in [0.4, 0.5) is 0 Å². The zero-order valence-electron chi connectivity index (χ0n) is 9.35. The standard InChI is InChI=1S/C11H20NS/c1-6-13(7-2)11-8-9(3)12(5)10(11)4/h8H,6-7H2,1-5H3/q+1. The minimum Gasteiger partial charge on any atom is -0.348 e. The molecule has 0 fully saturated rings. The van der Waals surface area contributed by atoms with Gasteiger partial charge in [-0.1, -0.05) is 0 Å². The number of hydrogen-bond donors (Lipinski definition) is 0. The summed E-state index contributed by atoms with van der Waals surface area (Å²) in [5, 5.41) is 0. The van der Waals surface area contributed by atoms with Crippen LogP contribution >= 0.6 is 0 Å². The molecule has 0 bridgehead atoms. The zero-order valence-corrected chi connectivity index (χ0v) is 10.2. The number of aryl methyl sites for hydroxylation is 1. The van der Waals surface area contributed by atoms with Crippen LogP contribution < -0.4 is 0 Å². The Morgan fingerprint density at radius 3 is 2.08 bits per heavy atom. The van der Waals surface area contributed by atoms with Crippen LogP contribution in [0.15, 0.2) is 11.0 Å². The van der Waals surface area contributed by atoms with Crippen LogP contribution in [0.3, 0.4) is 0 Å². The smallest absolute Gasteiger partial charge is 0.175 e. The molecule has 0 radical (unpaired) electrons. The topological polar surface area (TPSA) is 4.93 Å². The van der Waals surface area contributed by atoms with Gasteiger partial charge in [0.05, 0.1) is 5.69 Å². The monoisotopic (exact) mass is 198 g/mol. The summed E-state index contributed by atoms with van der Waals surface area (Å²) in [4.78, 5) is 1.57. The van der Waals surface area contributed by atoms with Gasteiger partial charge in [0.1, 0.15) is 11.5 Å². The Bertz CT molecular complexity index is 285. The molecule has 0 N–H and O–H groups in total. The molecular formula is C11H20NS+. The molecule has 0 spiro atoms. The van der Waals surface area contributed by atoms with E-state index in [4.69, 9.17) is 0 Å². The molecule has 1 heterocycles. The predicted octanol–water partition coefficient (Wildman–Crippen LogP) is 2.66. The molecular weight excluding hydrogens is 178 g/mol. The van der Waals surface area contributed by atoms with Crippen molar-refractivity contribution in [1.29, 1.82) is 0 Å². The Kier molecular flexibility index (Phi) is 3.48. The fourth-order valence-corrected chi connectivity index (χ4v) is 3.55. The van der Waals surface area contributed by atoms with Crippen LogP contribution in [-0.2, 0) is 17.9 Å². The van der Waals surface area contributed by atoms with E-state index < -0.39 is 0 Å². The lowest BCUT2D eigenvalue weighted by Gasteiger charge is -2.03. The van der Waals surface area contributed by atoms with Crippen molar-refractivity contribution in [3.05, 3.63) is 17.5 Å². The van der Waals surface area contributed by atoms with Gasteiger partial charge in [-0.15, -0.1) is 0 Å². The van der Waals surface area contributed by atoms with Gasteiger partial charge in [-0.05, 0) is 27.7 Å². The molecule has 2 heteroatoms. The van der Waals surface area contributed by atoms with Gasteiger partial charge in [0, 0.05) is 29.7 Å². The number of aromatic nitrogens is 1. The molecule has 0 saturated heterocycles. The van der Waals surface area contributed by atoms with Gasteiger partial charge >= 0.3 is 0 Å². The van der Waals surface area contributed by atoms with Gasteiger partial charge < -0.3 is 4.57 Å². The zero-order chi connectivity index (χ0) is 10.0. The highest BCUT2D eigenvalue weighted by Gasteiger charge is 2.22. The number of hydrogen-bond acceptors (Lipinski definition) is 0. The molecule has 0 atom stereocenters. The van der Waals surface area contributed by atoms with E-state index in [-0.39, 0.29) is 0 Å². The second-order valence-electron chi connectivity index (χ2n) is 3.36. The second-order valence-corrected chi connectivity index (χ2v) is 5.94. The van der Waals surface area contributed by atoms with E-state index in [0.717, 1.165) is 0 Å². The molecule has 0 aliphatic rings. The highest BCUT2D eigenvalue weighted by molar-refractivity contribution is 7.96. The van der Waals surface area contributed by atoms with Crippen molar-refractivity contribution in [3.63, 3.8) is 0 Å². The lowest BCUT2D eigenvalue weighted by Crippen LogP contribution is -2.09. The Morgan fingerprint density at radius 2 is 1.77 bits per heavy atom. The highest BCUT2D eigenvalue weighted by Crippen LogP contribution is 2.21. The molecule has 1 rings (SSSR count). The summed E-state index contributed by atoms with van der Waals surface area (Å²) < 4.78 is 2.29. The van der Waals surface area contributed by atoms with Crippen LogP contribution in [0.5, 0.6) is 0 Å². The van der Waals surface area contributed by atoms with Crippen LogP contribution in [-0.4, -0.2) is 16.1 Å². The van der Waals surface area contributed by atoms with Crippen molar-refractivity contribution in [2.24, 2.45) is 7.05 Å². The van der Waals surface area contributed by atoms with E-state index >= 15 is 0 Å². The molecule has 0 unspecified atom stereocenters. The maximum Gasteiger partial charge on any atom is 0.175 e. The molecule has 1 aromatic heterocycles. The van der Waals surface area contributed by atoms with E-state index in [9.17, 15) is 0 Å². The fraction of sp³-hybridized carbons (Fsp3) is 0.636. The first-order valence-electron chi connectivity index (χ1n) is 4.92. The molecule has 13 heavy (non-hydrogen) atoms. The number of nitrogens with zero attached hydrogens (tertiary/aromatic N) is 1. The SMILES string of the molecule is CC[S+](CC)c1cc(C)n(C)c1C. The maximum atomic E-state index is 2.35. The van der Waals surface area contributed by atoms with E-state index in [2.05, 4.69) is 45.4 Å². The summed E-state index contributed by atoms with van der Waals surface area (Å²) >= 11 is 0. The van der Waals surface area contributed by atoms with Crippen LogP contribution in [0.2, 0.25) is 0 Å². The summed E-state index contributed by atoms with van der Waals surface area (Å²) in [7, 11) is 2.63. The Morgan fingerprint density at radius 1 is 1.23 bits per heavy atom. The quantitative estimate of drug-likeness (QED) is 0.658. The van der Waals surface area contributed by atoms with Gasteiger partial charge in [0.15, 0.2) is 4.90 Å². The van der Waals surface area contributed by atoms with Gasteiger partial charge in [0.25, 0.3) is 0 Å². The molecule has 0 amide bonds. The second kappa shape index (κ2) is 4.23. The van der Waals surface area contributed by atoms with Crippen molar-refractivity contribution in [2.75, 3.05) is 11.5 Å². The van der Waals surface area contributed by atoms with Gasteiger partial charge in [-0.25, -0.2) is 0 Å². The molecule has 0 aromatic carbocycles. The Labute approximate surface area is 84.5 Å². The van der Waals surface area contributed by atoms with E-state index in [1.807, 2.05) is 0 Å².